The summed E-state index contributed by atoms with van der Waals surface area (Å²) in [5.41, 5.74) is 2.97. The lowest BCUT2D eigenvalue weighted by Crippen LogP contribution is -2.44. The number of benzene rings is 1. The van der Waals surface area contributed by atoms with Gasteiger partial charge in [-0.3, -0.25) is 4.79 Å². The van der Waals surface area contributed by atoms with Crippen LogP contribution in [0.15, 0.2) is 35.5 Å². The van der Waals surface area contributed by atoms with Gasteiger partial charge in [-0.15, -0.1) is 0 Å². The highest BCUT2D eigenvalue weighted by molar-refractivity contribution is 7.98. The van der Waals surface area contributed by atoms with Gasteiger partial charge >= 0.3 is 0 Å². The zero-order chi connectivity index (χ0) is 20.8. The molecule has 1 aromatic heterocycles. The maximum absolute atomic E-state index is 12.2. The van der Waals surface area contributed by atoms with Crippen LogP contribution >= 0.6 is 11.8 Å². The number of nitrogens with zero attached hydrogens (tertiary/aromatic N) is 5. The second-order valence-electron chi connectivity index (χ2n) is 7.45. The average molecular weight is 414 g/mol. The van der Waals surface area contributed by atoms with Gasteiger partial charge in [-0.2, -0.15) is 0 Å². The Morgan fingerprint density at radius 3 is 2.41 bits per heavy atom. The van der Waals surface area contributed by atoms with Crippen LogP contribution < -0.4 is 4.90 Å². The quantitative estimate of drug-likeness (QED) is 0.513. The monoisotopic (exact) mass is 413 g/mol. The number of likely N-dealkylation sites (N-methyl/N-ethyl adjacent to an activating group) is 1. The van der Waals surface area contributed by atoms with Gasteiger partial charge in [-0.05, 0) is 38.1 Å². The highest BCUT2D eigenvalue weighted by Gasteiger charge is 2.17. The molecule has 0 N–H and O–H groups in total. The first-order valence-electron chi connectivity index (χ1n) is 10.3. The summed E-state index contributed by atoms with van der Waals surface area (Å²) in [7, 11) is 3.98. The van der Waals surface area contributed by atoms with Crippen molar-refractivity contribution in [3.8, 4) is 0 Å². The number of carbonyl (C=O) groups excluding carboxylic acids is 1. The molecule has 1 fully saturated rings. The van der Waals surface area contributed by atoms with Gasteiger partial charge in [-0.25, -0.2) is 9.97 Å². The number of thioether (sulfide) groups is 1. The van der Waals surface area contributed by atoms with Gasteiger partial charge in [0.05, 0.1) is 0 Å². The maximum atomic E-state index is 12.2. The van der Waals surface area contributed by atoms with E-state index in [0.29, 0.717) is 6.54 Å². The fourth-order valence-corrected chi connectivity index (χ4v) is 3.99. The van der Waals surface area contributed by atoms with Gasteiger partial charge in [0.25, 0.3) is 5.91 Å². The Balaban J connectivity index is 1.67. The van der Waals surface area contributed by atoms with E-state index in [2.05, 4.69) is 29.8 Å². The number of anilines is 1. The van der Waals surface area contributed by atoms with Crippen molar-refractivity contribution in [3.63, 3.8) is 0 Å². The minimum Gasteiger partial charge on any atom is -0.354 e. The van der Waals surface area contributed by atoms with E-state index in [-0.39, 0.29) is 5.91 Å². The SMILES string of the molecule is CCc1cc(N2CCN(C)CC2)nc(SCc2ccc(C(=O)N(C)CC)cc2)n1. The van der Waals surface area contributed by atoms with E-state index < -0.39 is 0 Å². The summed E-state index contributed by atoms with van der Waals surface area (Å²) in [4.78, 5) is 28.2. The van der Waals surface area contributed by atoms with Crippen molar-refractivity contribution in [2.24, 2.45) is 0 Å². The predicted octanol–water partition coefficient (Wildman–Crippen LogP) is 3.18. The molecule has 1 saturated heterocycles. The number of aryl methyl sites for hydroxylation is 1. The van der Waals surface area contributed by atoms with Crippen LogP contribution in [-0.4, -0.2) is 72.5 Å². The fourth-order valence-electron chi connectivity index (χ4n) is 3.16. The average Bonchev–Trinajstić information content (AvgIpc) is 2.77. The van der Waals surface area contributed by atoms with Crippen LogP contribution in [0.1, 0.15) is 35.5 Å². The molecule has 0 bridgehead atoms. The molecule has 29 heavy (non-hydrogen) atoms. The van der Waals surface area contributed by atoms with Gasteiger partial charge < -0.3 is 14.7 Å². The van der Waals surface area contributed by atoms with Crippen LogP contribution in [0.25, 0.3) is 0 Å². The second-order valence-corrected chi connectivity index (χ2v) is 8.39. The van der Waals surface area contributed by atoms with Gasteiger partial charge in [0, 0.05) is 62.8 Å². The third-order valence-electron chi connectivity index (χ3n) is 5.32. The van der Waals surface area contributed by atoms with E-state index in [1.165, 1.54) is 0 Å². The molecule has 0 atom stereocenters. The summed E-state index contributed by atoms with van der Waals surface area (Å²) in [5.74, 6) is 1.88. The Hall–Kier alpha value is -2.12. The highest BCUT2D eigenvalue weighted by Crippen LogP contribution is 2.24. The Morgan fingerprint density at radius 1 is 1.10 bits per heavy atom. The van der Waals surface area contributed by atoms with E-state index in [0.717, 1.165) is 66.1 Å². The van der Waals surface area contributed by atoms with Crippen LogP contribution in [-0.2, 0) is 12.2 Å². The molecule has 0 aliphatic carbocycles. The Labute approximate surface area is 178 Å². The first-order valence-corrected chi connectivity index (χ1v) is 11.3. The fraction of sp³-hybridized carbons (Fsp3) is 0.500. The van der Waals surface area contributed by atoms with Crippen LogP contribution in [0.5, 0.6) is 0 Å². The molecule has 0 spiro atoms. The standard InChI is InChI=1S/C22H31N5OS/c1-5-19-15-20(27-13-11-25(3)12-14-27)24-22(23-19)29-16-17-7-9-18(10-8-17)21(28)26(4)6-2/h7-10,15H,5-6,11-14,16H2,1-4H3. The number of piperazine rings is 1. The first-order chi connectivity index (χ1) is 14.0. The van der Waals surface area contributed by atoms with E-state index in [9.17, 15) is 4.79 Å². The van der Waals surface area contributed by atoms with Crippen molar-refractivity contribution in [1.82, 2.24) is 19.8 Å². The van der Waals surface area contributed by atoms with Crippen molar-refractivity contribution in [2.75, 3.05) is 51.7 Å². The molecule has 0 unspecified atom stereocenters. The van der Waals surface area contributed by atoms with Gasteiger partial charge in [-0.1, -0.05) is 30.8 Å². The molecule has 0 saturated carbocycles. The molecule has 2 aromatic rings. The number of carbonyl (C=O) groups is 1. The third kappa shape index (κ3) is 5.70. The molecule has 156 valence electrons. The topological polar surface area (TPSA) is 52.6 Å². The van der Waals surface area contributed by atoms with Gasteiger partial charge in [0.1, 0.15) is 5.82 Å². The molecule has 1 aromatic carbocycles. The lowest BCUT2D eigenvalue weighted by atomic mass is 10.1. The summed E-state index contributed by atoms with van der Waals surface area (Å²) in [6.07, 6.45) is 0.901. The van der Waals surface area contributed by atoms with E-state index in [1.807, 2.05) is 38.2 Å². The summed E-state index contributed by atoms with van der Waals surface area (Å²) in [6.45, 7) is 8.94. The van der Waals surface area contributed by atoms with E-state index >= 15 is 0 Å². The second kappa shape index (κ2) is 10.1. The zero-order valence-corrected chi connectivity index (χ0v) is 18.7. The van der Waals surface area contributed by atoms with E-state index in [4.69, 9.17) is 9.97 Å². The van der Waals surface area contributed by atoms with Gasteiger partial charge in [0.15, 0.2) is 5.16 Å². The molecule has 3 rings (SSSR count). The number of hydrogen-bond donors (Lipinski definition) is 0. The van der Waals surface area contributed by atoms with Crippen LogP contribution in [0, 0.1) is 0 Å². The van der Waals surface area contributed by atoms with Crippen LogP contribution in [0.2, 0.25) is 0 Å². The van der Waals surface area contributed by atoms with Crippen molar-refractivity contribution in [1.29, 1.82) is 0 Å². The zero-order valence-electron chi connectivity index (χ0n) is 17.9. The molecular weight excluding hydrogens is 382 g/mol. The minimum absolute atomic E-state index is 0.0579. The molecule has 1 amide bonds. The normalized spacial score (nSPS) is 14.8. The van der Waals surface area contributed by atoms with Crippen molar-refractivity contribution in [2.45, 2.75) is 31.2 Å². The van der Waals surface area contributed by atoms with E-state index in [1.54, 1.807) is 16.7 Å². The predicted molar refractivity (Wildman–Crippen MR) is 120 cm³/mol. The molecule has 7 heteroatoms. The number of rotatable bonds is 7. The largest absolute Gasteiger partial charge is 0.354 e. The van der Waals surface area contributed by atoms with Crippen LogP contribution in [0.3, 0.4) is 0 Å². The highest BCUT2D eigenvalue weighted by atomic mass is 32.2. The Morgan fingerprint density at radius 2 is 1.79 bits per heavy atom. The molecular formula is C22H31N5OS. The minimum atomic E-state index is 0.0579. The first kappa shape index (κ1) is 21.6. The summed E-state index contributed by atoms with van der Waals surface area (Å²) >= 11 is 1.65. The molecule has 1 aliphatic heterocycles. The summed E-state index contributed by atoms with van der Waals surface area (Å²) in [5, 5.41) is 0.823. The molecule has 2 heterocycles. The lowest BCUT2D eigenvalue weighted by molar-refractivity contribution is 0.0802. The van der Waals surface area contributed by atoms with Gasteiger partial charge in [0.2, 0.25) is 0 Å². The molecule has 1 aliphatic rings. The number of amides is 1. The van der Waals surface area contributed by atoms with Crippen LogP contribution in [0.4, 0.5) is 5.82 Å². The smallest absolute Gasteiger partial charge is 0.253 e. The van der Waals surface area contributed by atoms with Crippen molar-refractivity contribution >= 4 is 23.5 Å². The third-order valence-corrected chi connectivity index (χ3v) is 6.24. The molecule has 6 nitrogen and oxygen atoms in total. The Kier molecular flexibility index (Phi) is 7.50. The lowest BCUT2D eigenvalue weighted by Gasteiger charge is -2.33. The Bertz CT molecular complexity index is 818. The number of hydrogen-bond acceptors (Lipinski definition) is 6. The maximum Gasteiger partial charge on any atom is 0.253 e. The number of aromatic nitrogens is 2. The molecule has 0 radical (unpaired) electrons. The summed E-state index contributed by atoms with van der Waals surface area (Å²) < 4.78 is 0. The van der Waals surface area contributed by atoms with Crippen molar-refractivity contribution in [3.05, 3.63) is 47.2 Å². The van der Waals surface area contributed by atoms with Crippen molar-refractivity contribution < 1.29 is 4.79 Å². The summed E-state index contributed by atoms with van der Waals surface area (Å²) in [6, 6.07) is 9.98.